The molecule has 2 rings (SSSR count). The summed E-state index contributed by atoms with van der Waals surface area (Å²) >= 11 is 0. The number of amides is 2. The summed E-state index contributed by atoms with van der Waals surface area (Å²) < 4.78 is 5.64. The Morgan fingerprint density at radius 3 is 2.84 bits per heavy atom. The number of ether oxygens (including phenoxy) is 1. The Morgan fingerprint density at radius 2 is 2.16 bits per heavy atom. The number of hydrogen-bond donors (Lipinski definition) is 3. The molecule has 0 saturated carbocycles. The van der Waals surface area contributed by atoms with E-state index in [-0.39, 0.29) is 5.91 Å². The summed E-state index contributed by atoms with van der Waals surface area (Å²) in [4.78, 5) is 23.5. The number of rotatable bonds is 2. The van der Waals surface area contributed by atoms with E-state index < -0.39 is 24.2 Å². The smallest absolute Gasteiger partial charge is 0.250 e. The van der Waals surface area contributed by atoms with Gasteiger partial charge in [-0.2, -0.15) is 0 Å². The molecule has 1 aromatic rings. The van der Waals surface area contributed by atoms with Gasteiger partial charge in [-0.15, -0.1) is 0 Å². The van der Waals surface area contributed by atoms with E-state index in [2.05, 4.69) is 10.6 Å². The van der Waals surface area contributed by atoms with Crippen LogP contribution in [0.15, 0.2) is 24.3 Å². The van der Waals surface area contributed by atoms with E-state index >= 15 is 0 Å². The predicted molar refractivity (Wildman–Crippen MR) is 68.8 cm³/mol. The third-order valence-electron chi connectivity index (χ3n) is 2.89. The van der Waals surface area contributed by atoms with Crippen LogP contribution in [-0.4, -0.2) is 35.2 Å². The highest BCUT2D eigenvalue weighted by molar-refractivity contribution is 5.99. The summed E-state index contributed by atoms with van der Waals surface area (Å²) in [6, 6.07) is 6.19. The molecule has 1 aromatic carbocycles. The van der Waals surface area contributed by atoms with Gasteiger partial charge in [-0.05, 0) is 26.0 Å². The molecule has 1 heterocycles. The van der Waals surface area contributed by atoms with E-state index in [4.69, 9.17) is 4.74 Å². The van der Waals surface area contributed by atoms with E-state index in [0.29, 0.717) is 11.4 Å². The third-order valence-corrected chi connectivity index (χ3v) is 2.89. The Morgan fingerprint density at radius 1 is 1.47 bits per heavy atom. The number of hydrogen-bond acceptors (Lipinski definition) is 4. The van der Waals surface area contributed by atoms with Gasteiger partial charge < -0.3 is 20.5 Å². The van der Waals surface area contributed by atoms with E-state index in [0.717, 1.165) is 0 Å². The molecule has 0 bridgehead atoms. The van der Waals surface area contributed by atoms with Crippen molar-refractivity contribution < 1.29 is 19.4 Å². The molecule has 102 valence electrons. The van der Waals surface area contributed by atoms with Crippen molar-refractivity contribution in [1.82, 2.24) is 5.32 Å². The lowest BCUT2D eigenvalue weighted by atomic mass is 10.1. The third kappa shape index (κ3) is 2.85. The highest BCUT2D eigenvalue weighted by Gasteiger charge is 2.32. The molecule has 1 aliphatic rings. The Balaban J connectivity index is 2.20. The van der Waals surface area contributed by atoms with Crippen LogP contribution in [0.1, 0.15) is 13.8 Å². The number of aliphatic hydroxyl groups excluding tert-OH is 1. The van der Waals surface area contributed by atoms with E-state index in [9.17, 15) is 14.7 Å². The molecule has 0 fully saturated rings. The van der Waals surface area contributed by atoms with Crippen LogP contribution < -0.4 is 15.4 Å². The zero-order chi connectivity index (χ0) is 14.0. The molecule has 3 atom stereocenters. The first-order valence-corrected chi connectivity index (χ1v) is 6.04. The molecule has 19 heavy (non-hydrogen) atoms. The van der Waals surface area contributed by atoms with Gasteiger partial charge in [0, 0.05) is 0 Å². The van der Waals surface area contributed by atoms with Gasteiger partial charge in [0.1, 0.15) is 24.0 Å². The fourth-order valence-corrected chi connectivity index (χ4v) is 1.82. The van der Waals surface area contributed by atoms with Crippen molar-refractivity contribution in [3.63, 3.8) is 0 Å². The molecule has 0 spiro atoms. The lowest BCUT2D eigenvalue weighted by Gasteiger charge is -2.22. The Kier molecular flexibility index (Phi) is 3.71. The topological polar surface area (TPSA) is 87.7 Å². The average Bonchev–Trinajstić information content (AvgIpc) is 2.47. The Labute approximate surface area is 110 Å². The van der Waals surface area contributed by atoms with Crippen LogP contribution in [0.5, 0.6) is 5.75 Å². The summed E-state index contributed by atoms with van der Waals surface area (Å²) in [5, 5.41) is 14.3. The van der Waals surface area contributed by atoms with Crippen LogP contribution in [-0.2, 0) is 9.59 Å². The van der Waals surface area contributed by atoms with Crippen molar-refractivity contribution in [2.45, 2.75) is 32.1 Å². The van der Waals surface area contributed by atoms with Crippen LogP contribution in [0.4, 0.5) is 5.69 Å². The number of fused-ring (bicyclic) bond motifs is 1. The first kappa shape index (κ1) is 13.4. The average molecular weight is 264 g/mol. The number of aliphatic hydroxyl groups is 1. The quantitative estimate of drug-likeness (QED) is 0.715. The molecule has 0 unspecified atom stereocenters. The second-order valence-electron chi connectivity index (χ2n) is 4.47. The van der Waals surface area contributed by atoms with Crippen molar-refractivity contribution >= 4 is 17.5 Å². The fraction of sp³-hybridized carbons (Fsp3) is 0.385. The molecule has 1 aliphatic heterocycles. The number of para-hydroxylation sites is 2. The minimum atomic E-state index is -1.18. The van der Waals surface area contributed by atoms with Crippen molar-refractivity contribution in [3.05, 3.63) is 24.3 Å². The second-order valence-corrected chi connectivity index (χ2v) is 4.47. The summed E-state index contributed by atoms with van der Waals surface area (Å²) in [6.07, 6.45) is -1.71. The van der Waals surface area contributed by atoms with Gasteiger partial charge in [0.15, 0.2) is 0 Å². The fourth-order valence-electron chi connectivity index (χ4n) is 1.82. The van der Waals surface area contributed by atoms with Crippen molar-refractivity contribution in [3.8, 4) is 5.75 Å². The van der Waals surface area contributed by atoms with Gasteiger partial charge in [0.2, 0.25) is 5.91 Å². The molecule has 0 aromatic heterocycles. The highest BCUT2D eigenvalue weighted by atomic mass is 16.5. The molecule has 3 N–H and O–H groups in total. The number of anilines is 1. The van der Waals surface area contributed by atoms with Crippen LogP contribution in [0.3, 0.4) is 0 Å². The van der Waals surface area contributed by atoms with Gasteiger partial charge in [-0.25, -0.2) is 0 Å². The molecule has 6 heteroatoms. The number of benzene rings is 1. The molecule has 6 nitrogen and oxygen atoms in total. The second kappa shape index (κ2) is 5.27. The summed E-state index contributed by atoms with van der Waals surface area (Å²) in [5.41, 5.74) is 0.563. The largest absolute Gasteiger partial charge is 0.486 e. The first-order valence-electron chi connectivity index (χ1n) is 6.04. The van der Waals surface area contributed by atoms with Crippen molar-refractivity contribution in [2.75, 3.05) is 5.32 Å². The first-order chi connectivity index (χ1) is 8.99. The molecular formula is C13H16N2O4. The summed E-state index contributed by atoms with van der Waals surface area (Å²) in [5.74, 6) is -0.426. The van der Waals surface area contributed by atoms with E-state index in [1.807, 2.05) is 0 Å². The van der Waals surface area contributed by atoms with Crippen molar-refractivity contribution in [1.29, 1.82) is 0 Å². The standard InChI is InChI=1S/C13H16N2O4/c1-7(16)12(17)15-11-8(2)19-10-6-4-3-5-9(10)14-13(11)18/h3-8,11,16H,1-2H3,(H,14,18)(H,15,17)/t7-,8+,11-/m0/s1. The van der Waals surface area contributed by atoms with Crippen LogP contribution in [0, 0.1) is 0 Å². The molecule has 0 saturated heterocycles. The van der Waals surface area contributed by atoms with E-state index in [1.54, 1.807) is 31.2 Å². The maximum Gasteiger partial charge on any atom is 0.250 e. The summed E-state index contributed by atoms with van der Waals surface area (Å²) in [6.45, 7) is 3.03. The molecular weight excluding hydrogens is 248 g/mol. The maximum atomic E-state index is 12.1. The van der Waals surface area contributed by atoms with Crippen molar-refractivity contribution in [2.24, 2.45) is 0 Å². The SMILES string of the molecule is C[C@H](O)C(=O)N[C@@H]1C(=O)Nc2ccccc2O[C@@H]1C. The normalized spacial score (nSPS) is 23.4. The van der Waals surface area contributed by atoms with Gasteiger partial charge in [-0.1, -0.05) is 12.1 Å². The zero-order valence-corrected chi connectivity index (χ0v) is 10.7. The van der Waals surface area contributed by atoms with Crippen LogP contribution in [0.2, 0.25) is 0 Å². The Hall–Kier alpha value is -2.08. The van der Waals surface area contributed by atoms with E-state index in [1.165, 1.54) is 6.92 Å². The predicted octanol–water partition coefficient (Wildman–Crippen LogP) is 0.272. The molecule has 0 radical (unpaired) electrons. The number of nitrogens with one attached hydrogen (secondary N) is 2. The van der Waals surface area contributed by atoms with Gasteiger partial charge >= 0.3 is 0 Å². The Bertz CT molecular complexity index is 501. The lowest BCUT2D eigenvalue weighted by molar-refractivity contribution is -0.133. The highest BCUT2D eigenvalue weighted by Crippen LogP contribution is 2.28. The van der Waals surface area contributed by atoms with Gasteiger partial charge in [-0.3, -0.25) is 9.59 Å². The minimum Gasteiger partial charge on any atom is -0.486 e. The zero-order valence-electron chi connectivity index (χ0n) is 10.7. The van der Waals surface area contributed by atoms with Crippen LogP contribution in [0.25, 0.3) is 0 Å². The monoisotopic (exact) mass is 264 g/mol. The van der Waals surface area contributed by atoms with Gasteiger partial charge in [0.05, 0.1) is 5.69 Å². The van der Waals surface area contributed by atoms with Gasteiger partial charge in [0.25, 0.3) is 5.91 Å². The maximum absolute atomic E-state index is 12.1. The summed E-state index contributed by atoms with van der Waals surface area (Å²) in [7, 11) is 0. The minimum absolute atomic E-state index is 0.369. The number of carbonyl (C=O) groups is 2. The molecule has 2 amide bonds. The molecule has 0 aliphatic carbocycles. The number of carbonyl (C=O) groups excluding carboxylic acids is 2. The van der Waals surface area contributed by atoms with Crippen LogP contribution >= 0.6 is 0 Å². The lowest BCUT2D eigenvalue weighted by Crippen LogP contribution is -2.52.